The number of aromatic nitrogens is 1. The summed E-state index contributed by atoms with van der Waals surface area (Å²) in [5.41, 5.74) is 1.77. The second kappa shape index (κ2) is 6.34. The molecule has 0 spiro atoms. The molecule has 1 N–H and O–H groups in total. The van der Waals surface area contributed by atoms with E-state index >= 15 is 0 Å². The third-order valence-corrected chi connectivity index (χ3v) is 5.91. The van der Waals surface area contributed by atoms with E-state index in [4.69, 9.17) is 0 Å². The monoisotopic (exact) mass is 418 g/mol. The second-order valence-corrected chi connectivity index (χ2v) is 7.66. The first-order valence-electron chi connectivity index (χ1n) is 5.74. The third-order valence-electron chi connectivity index (χ3n) is 2.69. The Labute approximate surface area is 134 Å². The van der Waals surface area contributed by atoms with Gasteiger partial charge < -0.3 is 0 Å². The van der Waals surface area contributed by atoms with E-state index in [1.165, 1.54) is 0 Å². The van der Waals surface area contributed by atoms with E-state index < -0.39 is 10.0 Å². The predicted molar refractivity (Wildman–Crippen MR) is 84.8 cm³/mol. The van der Waals surface area contributed by atoms with Gasteiger partial charge in [0, 0.05) is 27.9 Å². The molecular formula is C13H12Br2N2O2S. The van der Waals surface area contributed by atoms with Gasteiger partial charge >= 0.3 is 0 Å². The zero-order chi connectivity index (χ0) is 14.8. The van der Waals surface area contributed by atoms with E-state index in [0.29, 0.717) is 4.47 Å². The number of halogens is 2. The van der Waals surface area contributed by atoms with Crippen LogP contribution in [0.2, 0.25) is 0 Å². The van der Waals surface area contributed by atoms with E-state index in [-0.39, 0.29) is 11.4 Å². The smallest absolute Gasteiger partial charge is 0.242 e. The number of nitrogens with zero attached hydrogens (tertiary/aromatic N) is 1. The van der Waals surface area contributed by atoms with Crippen molar-refractivity contribution in [3.63, 3.8) is 0 Å². The van der Waals surface area contributed by atoms with E-state index in [0.717, 1.165) is 15.6 Å². The summed E-state index contributed by atoms with van der Waals surface area (Å²) in [6.07, 6.45) is 3.27. The fourth-order valence-electron chi connectivity index (χ4n) is 1.59. The highest BCUT2D eigenvalue weighted by atomic mass is 79.9. The minimum atomic E-state index is -3.58. The lowest BCUT2D eigenvalue weighted by Gasteiger charge is -2.10. The lowest BCUT2D eigenvalue weighted by molar-refractivity contribution is 0.580. The van der Waals surface area contributed by atoms with E-state index in [1.54, 1.807) is 30.6 Å². The van der Waals surface area contributed by atoms with Crippen molar-refractivity contribution in [3.05, 3.63) is 56.7 Å². The SMILES string of the molecule is Cc1cc(Br)c(S(=O)(=O)NCc2cccnc2)cc1Br. The van der Waals surface area contributed by atoms with Crippen molar-refractivity contribution in [3.8, 4) is 0 Å². The maximum absolute atomic E-state index is 12.3. The van der Waals surface area contributed by atoms with Gasteiger partial charge in [0.25, 0.3) is 0 Å². The van der Waals surface area contributed by atoms with Crippen molar-refractivity contribution < 1.29 is 8.42 Å². The number of hydrogen-bond acceptors (Lipinski definition) is 3. The number of sulfonamides is 1. The zero-order valence-corrected chi connectivity index (χ0v) is 14.6. The zero-order valence-electron chi connectivity index (χ0n) is 10.6. The Morgan fingerprint density at radius 1 is 1.25 bits per heavy atom. The molecule has 1 aromatic carbocycles. The van der Waals surface area contributed by atoms with E-state index in [2.05, 4.69) is 41.6 Å². The van der Waals surface area contributed by atoms with Gasteiger partial charge in [0.2, 0.25) is 10.0 Å². The highest BCUT2D eigenvalue weighted by molar-refractivity contribution is 9.11. The van der Waals surface area contributed by atoms with Crippen LogP contribution in [0.25, 0.3) is 0 Å². The minimum Gasteiger partial charge on any atom is -0.264 e. The summed E-state index contributed by atoms with van der Waals surface area (Å²) in [6.45, 7) is 2.10. The molecule has 2 aromatic rings. The highest BCUT2D eigenvalue weighted by Gasteiger charge is 2.18. The molecule has 0 unspecified atom stereocenters. The normalized spacial score (nSPS) is 11.6. The summed E-state index contributed by atoms with van der Waals surface area (Å²) >= 11 is 6.64. The number of benzene rings is 1. The largest absolute Gasteiger partial charge is 0.264 e. The van der Waals surface area contributed by atoms with Crippen LogP contribution in [-0.2, 0) is 16.6 Å². The van der Waals surface area contributed by atoms with Gasteiger partial charge in [-0.25, -0.2) is 13.1 Å². The summed E-state index contributed by atoms with van der Waals surface area (Å²) in [7, 11) is -3.58. The molecular weight excluding hydrogens is 408 g/mol. The molecule has 0 saturated carbocycles. The summed E-state index contributed by atoms with van der Waals surface area (Å²) in [5, 5.41) is 0. The number of nitrogens with one attached hydrogen (secondary N) is 1. The van der Waals surface area contributed by atoms with Gasteiger partial charge in [0.05, 0.1) is 4.90 Å². The van der Waals surface area contributed by atoms with Crippen LogP contribution in [0.1, 0.15) is 11.1 Å². The van der Waals surface area contributed by atoms with Gasteiger partial charge in [-0.3, -0.25) is 4.98 Å². The molecule has 1 heterocycles. The molecule has 7 heteroatoms. The lowest BCUT2D eigenvalue weighted by atomic mass is 10.2. The van der Waals surface area contributed by atoms with Crippen LogP contribution in [0.4, 0.5) is 0 Å². The standard InChI is InChI=1S/C13H12Br2N2O2S/c1-9-5-12(15)13(6-11(9)14)20(18,19)17-8-10-3-2-4-16-7-10/h2-7,17H,8H2,1H3. The van der Waals surface area contributed by atoms with Crippen LogP contribution >= 0.6 is 31.9 Å². The third kappa shape index (κ3) is 3.66. The molecule has 0 radical (unpaired) electrons. The fourth-order valence-corrected chi connectivity index (χ4v) is 4.29. The molecule has 4 nitrogen and oxygen atoms in total. The molecule has 106 valence electrons. The molecule has 0 bridgehead atoms. The fraction of sp³-hybridized carbons (Fsp3) is 0.154. The van der Waals surface area contributed by atoms with Crippen LogP contribution in [-0.4, -0.2) is 13.4 Å². The molecule has 0 fully saturated rings. The first-order chi connectivity index (χ1) is 9.40. The van der Waals surface area contributed by atoms with Crippen molar-refractivity contribution in [1.82, 2.24) is 9.71 Å². The quantitative estimate of drug-likeness (QED) is 0.826. The van der Waals surface area contributed by atoms with Crippen molar-refractivity contribution in [2.75, 3.05) is 0 Å². The summed E-state index contributed by atoms with van der Waals surface area (Å²) in [5.74, 6) is 0. The minimum absolute atomic E-state index is 0.202. The number of hydrogen-bond donors (Lipinski definition) is 1. The molecule has 0 atom stereocenters. The summed E-state index contributed by atoms with van der Waals surface area (Å²) in [6, 6.07) is 6.94. The average molecular weight is 420 g/mol. The van der Waals surface area contributed by atoms with Crippen LogP contribution in [0.15, 0.2) is 50.5 Å². The lowest BCUT2D eigenvalue weighted by Crippen LogP contribution is -2.23. The van der Waals surface area contributed by atoms with Gasteiger partial charge in [-0.15, -0.1) is 0 Å². The summed E-state index contributed by atoms with van der Waals surface area (Å²) in [4.78, 5) is 4.16. The van der Waals surface area contributed by atoms with Crippen LogP contribution in [0.3, 0.4) is 0 Å². The van der Waals surface area contributed by atoms with Crippen LogP contribution in [0.5, 0.6) is 0 Å². The van der Waals surface area contributed by atoms with Crippen LogP contribution < -0.4 is 4.72 Å². The Kier molecular flexibility index (Phi) is 4.95. The van der Waals surface area contributed by atoms with Gasteiger partial charge in [-0.1, -0.05) is 22.0 Å². The predicted octanol–water partition coefficient (Wildman–Crippen LogP) is 3.39. The topological polar surface area (TPSA) is 59.1 Å². The molecule has 0 amide bonds. The van der Waals surface area contributed by atoms with Gasteiger partial charge in [0.15, 0.2) is 0 Å². The maximum atomic E-state index is 12.3. The first-order valence-corrected chi connectivity index (χ1v) is 8.81. The Morgan fingerprint density at radius 3 is 2.65 bits per heavy atom. The maximum Gasteiger partial charge on any atom is 0.242 e. The van der Waals surface area contributed by atoms with Gasteiger partial charge in [-0.05, 0) is 52.2 Å². The first kappa shape index (κ1) is 15.6. The number of aryl methyl sites for hydroxylation is 1. The molecule has 0 aliphatic rings. The molecule has 20 heavy (non-hydrogen) atoms. The van der Waals surface area contributed by atoms with Crippen LogP contribution in [0, 0.1) is 6.92 Å². The Balaban J connectivity index is 2.25. The number of rotatable bonds is 4. The number of pyridine rings is 1. The van der Waals surface area contributed by atoms with Crippen molar-refractivity contribution in [2.45, 2.75) is 18.4 Å². The molecule has 2 rings (SSSR count). The summed E-state index contributed by atoms with van der Waals surface area (Å²) < 4.78 is 28.5. The average Bonchev–Trinajstić information content (AvgIpc) is 2.42. The Bertz CT molecular complexity index is 719. The molecule has 0 aliphatic carbocycles. The van der Waals surface area contributed by atoms with E-state index in [9.17, 15) is 8.42 Å². The molecule has 0 aliphatic heterocycles. The van der Waals surface area contributed by atoms with Crippen molar-refractivity contribution >= 4 is 41.9 Å². The van der Waals surface area contributed by atoms with Crippen molar-refractivity contribution in [2.24, 2.45) is 0 Å². The highest BCUT2D eigenvalue weighted by Crippen LogP contribution is 2.28. The van der Waals surface area contributed by atoms with E-state index in [1.807, 2.05) is 13.0 Å². The van der Waals surface area contributed by atoms with Gasteiger partial charge in [-0.2, -0.15) is 0 Å². The Morgan fingerprint density at radius 2 is 2.00 bits per heavy atom. The molecule has 0 saturated heterocycles. The van der Waals surface area contributed by atoms with Crippen molar-refractivity contribution in [1.29, 1.82) is 0 Å². The Hall–Kier alpha value is -0.760. The van der Waals surface area contributed by atoms with Gasteiger partial charge in [0.1, 0.15) is 0 Å². The second-order valence-electron chi connectivity index (χ2n) is 4.22. The molecule has 1 aromatic heterocycles.